The molecule has 3 atom stereocenters. The summed E-state index contributed by atoms with van der Waals surface area (Å²) in [5.74, 6) is 1.12. The fraction of sp³-hybridized carbons (Fsp3) is 0.312. The second-order valence-electron chi connectivity index (χ2n) is 11.3. The van der Waals surface area contributed by atoms with E-state index >= 15 is 0 Å². The molecule has 0 radical (unpaired) electrons. The van der Waals surface area contributed by atoms with E-state index in [-0.39, 0.29) is 23.0 Å². The van der Waals surface area contributed by atoms with E-state index in [2.05, 4.69) is 47.9 Å². The largest absolute Gasteiger partial charge is 0.744 e. The van der Waals surface area contributed by atoms with E-state index in [1.54, 1.807) is 17.4 Å². The molecule has 10 heteroatoms. The number of anilines is 1. The van der Waals surface area contributed by atoms with Gasteiger partial charge in [0, 0.05) is 30.9 Å². The summed E-state index contributed by atoms with van der Waals surface area (Å²) in [6.07, 6.45) is 3.25. The van der Waals surface area contributed by atoms with Gasteiger partial charge in [0.25, 0.3) is 5.01 Å². The zero-order valence-corrected chi connectivity index (χ0v) is 24.5. The summed E-state index contributed by atoms with van der Waals surface area (Å²) in [4.78, 5) is 13.1. The minimum atomic E-state index is -4.64. The molecule has 0 spiro atoms. The molecule has 4 aromatic rings. The van der Waals surface area contributed by atoms with E-state index in [1.807, 2.05) is 4.90 Å². The second kappa shape index (κ2) is 9.47. The Morgan fingerprint density at radius 2 is 2.00 bits per heavy atom. The molecule has 0 amide bonds. The SMILES string of the molecule is CCC1=C2c3sc4ccc5ccccc5c4[n+]3CCC2OC2C1=C1Oc3ccc(S(=O)(=O)[O-])cc3N1CC2CCC=O. The maximum Gasteiger partial charge on any atom is 0.268 e. The maximum atomic E-state index is 11.9. The lowest BCUT2D eigenvalue weighted by Crippen LogP contribution is -2.51. The first-order chi connectivity index (χ1) is 20.4. The van der Waals surface area contributed by atoms with Crippen LogP contribution < -0.4 is 14.2 Å². The van der Waals surface area contributed by atoms with Gasteiger partial charge in [0.1, 0.15) is 21.1 Å². The van der Waals surface area contributed by atoms with Crippen LogP contribution in [-0.2, 0) is 26.2 Å². The Hall–Kier alpha value is -3.57. The van der Waals surface area contributed by atoms with Crippen molar-refractivity contribution in [2.24, 2.45) is 5.92 Å². The highest BCUT2D eigenvalue weighted by atomic mass is 32.2. The highest BCUT2D eigenvalue weighted by Gasteiger charge is 2.50. The van der Waals surface area contributed by atoms with Gasteiger partial charge >= 0.3 is 0 Å². The number of carbonyl (C=O) groups is 1. The number of hydrogen-bond donors (Lipinski definition) is 0. The Kier molecular flexibility index (Phi) is 5.88. The zero-order valence-electron chi connectivity index (χ0n) is 22.9. The Labute approximate surface area is 247 Å². The predicted octanol–water partition coefficient (Wildman–Crippen LogP) is 5.30. The third-order valence-electron chi connectivity index (χ3n) is 9.04. The zero-order chi connectivity index (χ0) is 28.7. The van der Waals surface area contributed by atoms with Gasteiger partial charge in [0.2, 0.25) is 11.4 Å². The summed E-state index contributed by atoms with van der Waals surface area (Å²) < 4.78 is 52.7. The van der Waals surface area contributed by atoms with Crippen molar-refractivity contribution in [1.82, 2.24) is 0 Å². The third kappa shape index (κ3) is 3.75. The summed E-state index contributed by atoms with van der Waals surface area (Å²) in [6, 6.07) is 17.1. The summed E-state index contributed by atoms with van der Waals surface area (Å²) >= 11 is 1.79. The van der Waals surface area contributed by atoms with Crippen molar-refractivity contribution in [3.05, 3.63) is 76.6 Å². The molecule has 8 nitrogen and oxygen atoms in total. The molecular weight excluding hydrogens is 572 g/mol. The van der Waals surface area contributed by atoms with Crippen LogP contribution in [0.5, 0.6) is 5.75 Å². The molecule has 42 heavy (non-hydrogen) atoms. The highest BCUT2D eigenvalue weighted by Crippen LogP contribution is 2.52. The van der Waals surface area contributed by atoms with E-state index in [1.165, 1.54) is 49.3 Å². The molecule has 4 aliphatic rings. The Balaban J connectivity index is 1.36. The van der Waals surface area contributed by atoms with Crippen molar-refractivity contribution in [1.29, 1.82) is 0 Å². The molecule has 0 saturated heterocycles. The predicted molar refractivity (Wildman–Crippen MR) is 158 cm³/mol. The summed E-state index contributed by atoms with van der Waals surface area (Å²) in [7, 11) is -4.64. The van der Waals surface area contributed by atoms with Crippen molar-refractivity contribution < 1.29 is 31.8 Å². The fourth-order valence-electron chi connectivity index (χ4n) is 7.25. The fourth-order valence-corrected chi connectivity index (χ4v) is 9.06. The first-order valence-corrected chi connectivity index (χ1v) is 16.6. The Morgan fingerprint density at radius 3 is 2.81 bits per heavy atom. The highest BCUT2D eigenvalue weighted by molar-refractivity contribution is 7.85. The Bertz CT molecular complexity index is 1990. The molecule has 0 saturated carbocycles. The minimum absolute atomic E-state index is 0.0143. The van der Waals surface area contributed by atoms with E-state index in [9.17, 15) is 17.8 Å². The molecule has 1 aromatic heterocycles. The van der Waals surface area contributed by atoms with E-state index < -0.39 is 10.1 Å². The normalized spacial score (nSPS) is 22.9. The van der Waals surface area contributed by atoms with Crippen molar-refractivity contribution in [3.8, 4) is 5.75 Å². The number of hydrogen-bond acceptors (Lipinski definition) is 8. The lowest BCUT2D eigenvalue weighted by atomic mass is 9.78. The second-order valence-corrected chi connectivity index (χ2v) is 13.7. The molecule has 0 N–H and O–H groups in total. The lowest BCUT2D eigenvalue weighted by molar-refractivity contribution is -0.673. The molecule has 4 aliphatic heterocycles. The number of fused-ring (bicyclic) bond motifs is 11. The third-order valence-corrected chi connectivity index (χ3v) is 11.1. The Morgan fingerprint density at radius 1 is 1.14 bits per heavy atom. The molecule has 8 rings (SSSR count). The number of rotatable bonds is 5. The van der Waals surface area contributed by atoms with Gasteiger partial charge in [0.05, 0.1) is 33.8 Å². The molecule has 0 fully saturated rings. The summed E-state index contributed by atoms with van der Waals surface area (Å²) in [5.41, 5.74) is 5.13. The first kappa shape index (κ1) is 26.1. The quantitative estimate of drug-likeness (QED) is 0.174. The van der Waals surface area contributed by atoms with Crippen LogP contribution in [0.1, 0.15) is 37.6 Å². The van der Waals surface area contributed by atoms with Gasteiger partial charge < -0.3 is 23.7 Å². The average Bonchev–Trinajstić information content (AvgIpc) is 3.56. The number of benzene rings is 3. The van der Waals surface area contributed by atoms with E-state index in [0.717, 1.165) is 31.2 Å². The number of thiazole rings is 1. The summed E-state index contributed by atoms with van der Waals surface area (Å²) in [5, 5.41) is 3.65. The van der Waals surface area contributed by atoms with Gasteiger partial charge in [-0.1, -0.05) is 42.5 Å². The summed E-state index contributed by atoms with van der Waals surface area (Å²) in [6.45, 7) is 3.51. The number of aromatic nitrogens is 1. The van der Waals surface area contributed by atoms with Crippen molar-refractivity contribution in [2.75, 3.05) is 11.4 Å². The van der Waals surface area contributed by atoms with Crippen LogP contribution in [0, 0.1) is 5.92 Å². The number of aryl methyl sites for hydroxylation is 1. The minimum Gasteiger partial charge on any atom is -0.744 e. The van der Waals surface area contributed by atoms with Crippen LogP contribution in [0.25, 0.3) is 26.6 Å². The first-order valence-electron chi connectivity index (χ1n) is 14.3. The molecule has 5 heterocycles. The number of aldehydes is 1. The standard InChI is InChI=1S/C32H28N2O6S2/c1-2-21-27-25(13-14-33-29-22-8-4-3-6-18(22)9-12-26(29)41-32(27)33)39-30-19(7-5-15-35)17-34-23-16-20(42(36,37)38)10-11-24(23)40-31(34)28(21)30/h3-4,6,8-12,15-16,19,25,30H,2,5,7,13-14,17H2,1H3. The van der Waals surface area contributed by atoms with Gasteiger partial charge in [0.15, 0.2) is 12.3 Å². The van der Waals surface area contributed by atoms with Gasteiger partial charge in [-0.05, 0) is 54.1 Å². The van der Waals surface area contributed by atoms with Crippen LogP contribution in [0.3, 0.4) is 0 Å². The van der Waals surface area contributed by atoms with Crippen molar-refractivity contribution in [2.45, 2.75) is 56.3 Å². The van der Waals surface area contributed by atoms with Gasteiger partial charge in [-0.3, -0.25) is 0 Å². The number of nitrogens with zero attached hydrogens (tertiary/aromatic N) is 2. The van der Waals surface area contributed by atoms with Crippen molar-refractivity contribution >= 4 is 60.0 Å². The molecular formula is C32H28N2O6S2. The van der Waals surface area contributed by atoms with Crippen LogP contribution in [0.2, 0.25) is 0 Å². The van der Waals surface area contributed by atoms with Crippen LogP contribution in [0.4, 0.5) is 5.69 Å². The lowest BCUT2D eigenvalue weighted by Gasteiger charge is -2.44. The van der Waals surface area contributed by atoms with Gasteiger partial charge in [-0.25, -0.2) is 8.42 Å². The molecule has 0 aliphatic carbocycles. The molecule has 3 aromatic carbocycles. The van der Waals surface area contributed by atoms with E-state index in [0.29, 0.717) is 36.7 Å². The van der Waals surface area contributed by atoms with Crippen LogP contribution >= 0.6 is 11.3 Å². The van der Waals surface area contributed by atoms with Crippen LogP contribution in [0.15, 0.2) is 76.5 Å². The molecule has 0 bridgehead atoms. The van der Waals surface area contributed by atoms with Crippen LogP contribution in [-0.4, -0.2) is 38.0 Å². The van der Waals surface area contributed by atoms with Gasteiger partial charge in [-0.15, -0.1) is 0 Å². The van der Waals surface area contributed by atoms with Gasteiger partial charge in [-0.2, -0.15) is 4.57 Å². The van der Waals surface area contributed by atoms with E-state index in [4.69, 9.17) is 9.47 Å². The number of ether oxygens (including phenoxy) is 2. The monoisotopic (exact) mass is 600 g/mol. The smallest absolute Gasteiger partial charge is 0.268 e. The topological polar surface area (TPSA) is 99.8 Å². The maximum absolute atomic E-state index is 11.9. The molecule has 3 unspecified atom stereocenters. The average molecular weight is 601 g/mol. The van der Waals surface area contributed by atoms with Crippen molar-refractivity contribution in [3.63, 3.8) is 0 Å². The number of carbonyl (C=O) groups excluding carboxylic acids is 1. The molecule has 214 valence electrons.